The maximum absolute atomic E-state index is 14.0. The van der Waals surface area contributed by atoms with Gasteiger partial charge in [-0.3, -0.25) is 4.79 Å². The first-order valence-electron chi connectivity index (χ1n) is 9.01. The molecule has 4 nitrogen and oxygen atoms in total. The second-order valence-electron chi connectivity index (χ2n) is 6.97. The SMILES string of the molecule is Cc1cc2c(nc3s/c(=C\c4ccc(-c5ccc(F)cc5F)o4)c(=O)n32)c(Br)c1C. The number of thiazole rings is 1. The highest BCUT2D eigenvalue weighted by molar-refractivity contribution is 9.10. The van der Waals surface area contributed by atoms with Crippen molar-refractivity contribution in [2.24, 2.45) is 0 Å². The van der Waals surface area contributed by atoms with Crippen LogP contribution in [0.3, 0.4) is 0 Å². The van der Waals surface area contributed by atoms with Crippen molar-refractivity contribution < 1.29 is 13.2 Å². The lowest BCUT2D eigenvalue weighted by Crippen LogP contribution is -2.22. The number of hydrogen-bond donors (Lipinski definition) is 0. The summed E-state index contributed by atoms with van der Waals surface area (Å²) < 4.78 is 35.7. The molecule has 0 spiro atoms. The molecule has 0 radical (unpaired) electrons. The molecule has 3 aromatic heterocycles. The number of rotatable bonds is 2. The predicted octanol–water partition coefficient (Wildman–Crippen LogP) is 5.37. The Labute approximate surface area is 181 Å². The molecule has 0 bridgehead atoms. The Morgan fingerprint density at radius 3 is 2.73 bits per heavy atom. The van der Waals surface area contributed by atoms with E-state index in [-0.39, 0.29) is 16.9 Å². The Kier molecular flexibility index (Phi) is 4.37. The number of benzene rings is 2. The van der Waals surface area contributed by atoms with Crippen LogP contribution in [0.25, 0.3) is 33.4 Å². The molecular formula is C22H13BrF2N2O2S. The topological polar surface area (TPSA) is 47.5 Å². The van der Waals surface area contributed by atoms with Gasteiger partial charge in [0.1, 0.15) is 33.2 Å². The molecule has 5 rings (SSSR count). The minimum Gasteiger partial charge on any atom is -0.457 e. The lowest BCUT2D eigenvalue weighted by atomic mass is 10.1. The van der Waals surface area contributed by atoms with Crippen molar-refractivity contribution in [1.29, 1.82) is 0 Å². The van der Waals surface area contributed by atoms with E-state index in [0.29, 0.717) is 15.3 Å². The lowest BCUT2D eigenvalue weighted by molar-refractivity contribution is 0.554. The highest BCUT2D eigenvalue weighted by atomic mass is 79.9. The van der Waals surface area contributed by atoms with Gasteiger partial charge in [-0.1, -0.05) is 11.3 Å². The summed E-state index contributed by atoms with van der Waals surface area (Å²) in [5, 5.41) is 0. The van der Waals surface area contributed by atoms with Crippen molar-refractivity contribution in [2.75, 3.05) is 0 Å². The van der Waals surface area contributed by atoms with E-state index in [1.807, 2.05) is 19.9 Å². The summed E-state index contributed by atoms with van der Waals surface area (Å²) in [7, 11) is 0. The van der Waals surface area contributed by atoms with Crippen LogP contribution in [-0.4, -0.2) is 9.38 Å². The fourth-order valence-electron chi connectivity index (χ4n) is 3.37. The van der Waals surface area contributed by atoms with Gasteiger partial charge in [-0.05, 0) is 71.2 Å². The molecule has 0 unspecified atom stereocenters. The molecule has 2 aromatic carbocycles. The molecule has 30 heavy (non-hydrogen) atoms. The van der Waals surface area contributed by atoms with E-state index in [2.05, 4.69) is 20.9 Å². The molecule has 0 atom stereocenters. The van der Waals surface area contributed by atoms with Crippen LogP contribution in [0.15, 0.2) is 50.1 Å². The van der Waals surface area contributed by atoms with Crippen LogP contribution in [0.4, 0.5) is 8.78 Å². The van der Waals surface area contributed by atoms with Gasteiger partial charge in [0, 0.05) is 16.6 Å². The molecule has 8 heteroatoms. The molecule has 0 N–H and O–H groups in total. The van der Waals surface area contributed by atoms with E-state index in [1.165, 1.54) is 23.5 Å². The van der Waals surface area contributed by atoms with Crippen molar-refractivity contribution >= 4 is 49.3 Å². The number of aromatic nitrogens is 2. The number of furan rings is 1. The lowest BCUT2D eigenvalue weighted by Gasteiger charge is -2.03. The molecule has 0 amide bonds. The van der Waals surface area contributed by atoms with Gasteiger partial charge >= 0.3 is 0 Å². The normalized spacial score (nSPS) is 12.5. The number of aryl methyl sites for hydroxylation is 1. The fourth-order valence-corrected chi connectivity index (χ4v) is 4.94. The van der Waals surface area contributed by atoms with E-state index in [4.69, 9.17) is 4.42 Å². The van der Waals surface area contributed by atoms with Crippen LogP contribution in [-0.2, 0) is 0 Å². The van der Waals surface area contributed by atoms with Crippen LogP contribution in [0, 0.1) is 25.5 Å². The minimum absolute atomic E-state index is 0.154. The van der Waals surface area contributed by atoms with Gasteiger partial charge in [0.05, 0.1) is 11.1 Å². The first-order chi connectivity index (χ1) is 14.3. The highest BCUT2D eigenvalue weighted by Gasteiger charge is 2.16. The molecule has 0 aliphatic rings. The Morgan fingerprint density at radius 2 is 1.97 bits per heavy atom. The zero-order chi connectivity index (χ0) is 21.2. The summed E-state index contributed by atoms with van der Waals surface area (Å²) in [6.45, 7) is 3.99. The molecule has 0 saturated heterocycles. The maximum atomic E-state index is 14.0. The third-order valence-electron chi connectivity index (χ3n) is 5.08. The number of hydrogen-bond acceptors (Lipinski definition) is 4. The van der Waals surface area contributed by atoms with Gasteiger partial charge in [-0.25, -0.2) is 18.2 Å². The summed E-state index contributed by atoms with van der Waals surface area (Å²) in [6.07, 6.45) is 1.61. The number of imidazole rings is 1. The van der Waals surface area contributed by atoms with Crippen LogP contribution < -0.4 is 10.1 Å². The second-order valence-corrected chi connectivity index (χ2v) is 8.77. The Bertz CT molecular complexity index is 1580. The van der Waals surface area contributed by atoms with E-state index in [1.54, 1.807) is 22.6 Å². The van der Waals surface area contributed by atoms with Gasteiger partial charge in [-0.15, -0.1) is 0 Å². The predicted molar refractivity (Wildman–Crippen MR) is 117 cm³/mol. The van der Waals surface area contributed by atoms with Crippen molar-refractivity contribution in [1.82, 2.24) is 9.38 Å². The zero-order valence-corrected chi connectivity index (χ0v) is 18.2. The van der Waals surface area contributed by atoms with Crippen molar-refractivity contribution in [3.63, 3.8) is 0 Å². The second kappa shape index (κ2) is 6.85. The number of halogens is 3. The third-order valence-corrected chi connectivity index (χ3v) is 7.02. The maximum Gasteiger partial charge on any atom is 0.275 e. The minimum atomic E-state index is -0.710. The Balaban J connectivity index is 1.64. The van der Waals surface area contributed by atoms with Crippen molar-refractivity contribution in [2.45, 2.75) is 13.8 Å². The summed E-state index contributed by atoms with van der Waals surface area (Å²) in [5.74, 6) is -0.713. The number of nitrogens with zero attached hydrogens (tertiary/aromatic N) is 2. The first kappa shape index (κ1) is 19.1. The molecule has 0 aliphatic carbocycles. The van der Waals surface area contributed by atoms with Gasteiger partial charge < -0.3 is 4.42 Å². The smallest absolute Gasteiger partial charge is 0.275 e. The first-order valence-corrected chi connectivity index (χ1v) is 10.6. The number of fused-ring (bicyclic) bond motifs is 3. The van der Waals surface area contributed by atoms with Crippen LogP contribution in [0.1, 0.15) is 16.9 Å². The molecule has 0 aliphatic heterocycles. The summed E-state index contributed by atoms with van der Waals surface area (Å²) in [6, 6.07) is 8.47. The molecule has 0 fully saturated rings. The summed E-state index contributed by atoms with van der Waals surface area (Å²) in [5.41, 5.74) is 3.60. The fraction of sp³-hybridized carbons (Fsp3) is 0.0909. The van der Waals surface area contributed by atoms with E-state index < -0.39 is 11.6 Å². The van der Waals surface area contributed by atoms with E-state index in [0.717, 1.165) is 32.7 Å². The van der Waals surface area contributed by atoms with Crippen LogP contribution in [0.2, 0.25) is 0 Å². The largest absolute Gasteiger partial charge is 0.457 e. The van der Waals surface area contributed by atoms with E-state index in [9.17, 15) is 13.6 Å². The molecule has 5 aromatic rings. The van der Waals surface area contributed by atoms with Crippen LogP contribution in [0.5, 0.6) is 0 Å². The average molecular weight is 487 g/mol. The molecular weight excluding hydrogens is 474 g/mol. The summed E-state index contributed by atoms with van der Waals surface area (Å²) >= 11 is 4.83. The quantitative estimate of drug-likeness (QED) is 0.336. The molecule has 0 saturated carbocycles. The van der Waals surface area contributed by atoms with Gasteiger partial charge in [0.15, 0.2) is 4.96 Å². The van der Waals surface area contributed by atoms with Gasteiger partial charge in [-0.2, -0.15) is 0 Å². The van der Waals surface area contributed by atoms with Gasteiger partial charge in [0.25, 0.3) is 5.56 Å². The Hall–Kier alpha value is -2.84. The summed E-state index contributed by atoms with van der Waals surface area (Å²) in [4.78, 5) is 18.2. The monoisotopic (exact) mass is 486 g/mol. The molecule has 3 heterocycles. The van der Waals surface area contributed by atoms with Crippen molar-refractivity contribution in [3.8, 4) is 11.3 Å². The molecule has 150 valence electrons. The van der Waals surface area contributed by atoms with E-state index >= 15 is 0 Å². The highest BCUT2D eigenvalue weighted by Crippen LogP contribution is 2.30. The van der Waals surface area contributed by atoms with Gasteiger partial charge in [0.2, 0.25) is 0 Å². The van der Waals surface area contributed by atoms with Crippen LogP contribution >= 0.6 is 27.3 Å². The van der Waals surface area contributed by atoms with Crippen molar-refractivity contribution in [3.05, 3.63) is 84.3 Å². The Morgan fingerprint density at radius 1 is 1.17 bits per heavy atom. The zero-order valence-electron chi connectivity index (χ0n) is 15.8. The average Bonchev–Trinajstić information content (AvgIpc) is 3.37. The third kappa shape index (κ3) is 2.90. The standard InChI is InChI=1S/C22H13BrF2N2O2S/c1-10-7-16-20(19(23)11(10)2)26-22-27(16)21(28)18(30-22)9-13-4-6-17(29-13)14-5-3-12(24)8-15(14)25/h3-9H,1-2H3/b18-9-.